The Labute approximate surface area is 151 Å². The van der Waals surface area contributed by atoms with Gasteiger partial charge in [-0.2, -0.15) is 10.2 Å². The van der Waals surface area contributed by atoms with Crippen molar-refractivity contribution in [3.8, 4) is 0 Å². The standard InChI is InChI=1S/C19H21N5O2/c1-23-16(7-9-21-23)19(25)20-11-17-18-15(8-10-26-17)13-24(22-18)12-14-5-3-2-4-6-14/h2-7,9,13,17H,8,10-12H2,1H3,(H,20,25). The van der Waals surface area contributed by atoms with Crippen LogP contribution in [0.1, 0.15) is 33.4 Å². The van der Waals surface area contributed by atoms with Crippen LogP contribution in [0.3, 0.4) is 0 Å². The van der Waals surface area contributed by atoms with E-state index >= 15 is 0 Å². The molecule has 0 spiro atoms. The van der Waals surface area contributed by atoms with Crippen LogP contribution in [0.25, 0.3) is 0 Å². The molecule has 1 aromatic carbocycles. The summed E-state index contributed by atoms with van der Waals surface area (Å²) in [6.45, 7) is 1.75. The molecule has 0 bridgehead atoms. The van der Waals surface area contributed by atoms with Gasteiger partial charge in [-0.25, -0.2) is 0 Å². The van der Waals surface area contributed by atoms with Crippen LogP contribution in [0.2, 0.25) is 0 Å². The lowest BCUT2D eigenvalue weighted by Gasteiger charge is -2.22. The fourth-order valence-corrected chi connectivity index (χ4v) is 3.21. The summed E-state index contributed by atoms with van der Waals surface area (Å²) < 4.78 is 9.35. The van der Waals surface area contributed by atoms with Crippen LogP contribution < -0.4 is 5.32 Å². The maximum absolute atomic E-state index is 12.3. The molecule has 1 amide bonds. The van der Waals surface area contributed by atoms with Gasteiger partial charge in [0.2, 0.25) is 0 Å². The van der Waals surface area contributed by atoms with Gasteiger partial charge in [-0.05, 0) is 23.6 Å². The van der Waals surface area contributed by atoms with Crippen molar-refractivity contribution < 1.29 is 9.53 Å². The second-order valence-corrected chi connectivity index (χ2v) is 6.38. The zero-order chi connectivity index (χ0) is 17.9. The molecule has 26 heavy (non-hydrogen) atoms. The van der Waals surface area contributed by atoms with Crippen LogP contribution in [-0.4, -0.2) is 38.6 Å². The number of nitrogens with zero attached hydrogens (tertiary/aromatic N) is 4. The average molecular weight is 351 g/mol. The molecule has 1 N–H and O–H groups in total. The van der Waals surface area contributed by atoms with Crippen LogP contribution in [0.15, 0.2) is 48.8 Å². The molecule has 3 heterocycles. The van der Waals surface area contributed by atoms with E-state index in [4.69, 9.17) is 9.84 Å². The number of benzene rings is 1. The summed E-state index contributed by atoms with van der Waals surface area (Å²) in [6, 6.07) is 11.9. The number of carbonyl (C=O) groups is 1. The van der Waals surface area contributed by atoms with Crippen molar-refractivity contribution in [1.82, 2.24) is 24.9 Å². The van der Waals surface area contributed by atoms with E-state index in [1.807, 2.05) is 22.9 Å². The monoisotopic (exact) mass is 351 g/mol. The Bertz CT molecular complexity index is 900. The van der Waals surface area contributed by atoms with E-state index in [2.05, 4.69) is 28.7 Å². The molecule has 0 fully saturated rings. The zero-order valence-electron chi connectivity index (χ0n) is 14.6. The summed E-state index contributed by atoms with van der Waals surface area (Å²) in [6.07, 6.45) is 4.31. The minimum absolute atomic E-state index is 0.163. The molecule has 134 valence electrons. The first-order valence-corrected chi connectivity index (χ1v) is 8.68. The van der Waals surface area contributed by atoms with Crippen molar-refractivity contribution in [2.24, 2.45) is 7.05 Å². The van der Waals surface area contributed by atoms with Gasteiger partial charge in [0, 0.05) is 26.0 Å². The number of ether oxygens (including phenoxy) is 1. The van der Waals surface area contributed by atoms with Gasteiger partial charge in [0.1, 0.15) is 11.8 Å². The molecule has 1 atom stereocenters. The number of nitrogens with one attached hydrogen (secondary N) is 1. The molecule has 0 saturated carbocycles. The molecule has 0 radical (unpaired) electrons. The number of hydrogen-bond acceptors (Lipinski definition) is 4. The second kappa shape index (κ2) is 7.13. The Morgan fingerprint density at radius 2 is 2.15 bits per heavy atom. The van der Waals surface area contributed by atoms with E-state index in [0.29, 0.717) is 18.8 Å². The molecule has 1 unspecified atom stereocenters. The Hall–Kier alpha value is -2.93. The lowest BCUT2D eigenvalue weighted by Crippen LogP contribution is -2.32. The summed E-state index contributed by atoms with van der Waals surface area (Å²) in [5.74, 6) is -0.163. The van der Waals surface area contributed by atoms with E-state index in [1.165, 1.54) is 11.1 Å². The Kier molecular flexibility index (Phi) is 4.53. The third-order valence-corrected chi connectivity index (χ3v) is 4.55. The van der Waals surface area contributed by atoms with Crippen molar-refractivity contribution in [1.29, 1.82) is 0 Å². The largest absolute Gasteiger partial charge is 0.370 e. The van der Waals surface area contributed by atoms with Crippen molar-refractivity contribution >= 4 is 5.91 Å². The van der Waals surface area contributed by atoms with E-state index in [0.717, 1.165) is 18.7 Å². The fourth-order valence-electron chi connectivity index (χ4n) is 3.21. The number of aromatic nitrogens is 4. The third kappa shape index (κ3) is 3.39. The Morgan fingerprint density at radius 1 is 1.31 bits per heavy atom. The normalized spacial score (nSPS) is 16.3. The maximum atomic E-state index is 12.3. The smallest absolute Gasteiger partial charge is 0.269 e. The van der Waals surface area contributed by atoms with Gasteiger partial charge in [-0.3, -0.25) is 14.2 Å². The van der Waals surface area contributed by atoms with Crippen LogP contribution in [0.4, 0.5) is 0 Å². The summed E-state index contributed by atoms with van der Waals surface area (Å²) in [5, 5.41) is 11.7. The highest BCUT2D eigenvalue weighted by molar-refractivity contribution is 5.92. The lowest BCUT2D eigenvalue weighted by atomic mass is 10.1. The SMILES string of the molecule is Cn1nccc1C(=O)NCC1OCCc2cn(Cc3ccccc3)nc21. The Balaban J connectivity index is 1.45. The van der Waals surface area contributed by atoms with Crippen LogP contribution in [0.5, 0.6) is 0 Å². The minimum Gasteiger partial charge on any atom is -0.370 e. The van der Waals surface area contributed by atoms with Crippen LogP contribution in [-0.2, 0) is 24.8 Å². The first kappa shape index (κ1) is 16.5. The number of rotatable bonds is 5. The molecule has 4 rings (SSSR count). The lowest BCUT2D eigenvalue weighted by molar-refractivity contribution is 0.0382. The number of aryl methyl sites for hydroxylation is 1. The summed E-state index contributed by atoms with van der Waals surface area (Å²) in [4.78, 5) is 12.3. The van der Waals surface area contributed by atoms with E-state index in [-0.39, 0.29) is 12.0 Å². The molecule has 1 aliphatic rings. The molecule has 2 aromatic heterocycles. The highest BCUT2D eigenvalue weighted by atomic mass is 16.5. The highest BCUT2D eigenvalue weighted by Gasteiger charge is 2.25. The highest BCUT2D eigenvalue weighted by Crippen LogP contribution is 2.25. The molecule has 3 aromatic rings. The summed E-state index contributed by atoms with van der Waals surface area (Å²) >= 11 is 0. The van der Waals surface area contributed by atoms with Crippen molar-refractivity contribution in [2.75, 3.05) is 13.2 Å². The van der Waals surface area contributed by atoms with E-state index in [1.54, 1.807) is 24.0 Å². The van der Waals surface area contributed by atoms with E-state index in [9.17, 15) is 4.79 Å². The van der Waals surface area contributed by atoms with Gasteiger partial charge in [-0.15, -0.1) is 0 Å². The number of fused-ring (bicyclic) bond motifs is 1. The molecule has 0 aliphatic carbocycles. The fraction of sp³-hybridized carbons (Fsp3) is 0.316. The molecule has 1 aliphatic heterocycles. The quantitative estimate of drug-likeness (QED) is 0.759. The van der Waals surface area contributed by atoms with Gasteiger partial charge in [0.05, 0.1) is 18.8 Å². The van der Waals surface area contributed by atoms with Crippen molar-refractivity contribution in [3.05, 3.63) is 71.3 Å². The van der Waals surface area contributed by atoms with Crippen molar-refractivity contribution in [2.45, 2.75) is 19.1 Å². The second-order valence-electron chi connectivity index (χ2n) is 6.38. The van der Waals surface area contributed by atoms with Gasteiger partial charge in [0.15, 0.2) is 0 Å². The topological polar surface area (TPSA) is 74.0 Å². The van der Waals surface area contributed by atoms with Crippen LogP contribution >= 0.6 is 0 Å². The number of carbonyl (C=O) groups excluding carboxylic acids is 1. The average Bonchev–Trinajstić information content (AvgIpc) is 3.26. The van der Waals surface area contributed by atoms with Gasteiger partial charge in [-0.1, -0.05) is 30.3 Å². The molecule has 7 heteroatoms. The van der Waals surface area contributed by atoms with Crippen LogP contribution in [0, 0.1) is 0 Å². The predicted octanol–water partition coefficient (Wildman–Crippen LogP) is 1.71. The third-order valence-electron chi connectivity index (χ3n) is 4.55. The van der Waals surface area contributed by atoms with Gasteiger partial charge >= 0.3 is 0 Å². The molecule has 7 nitrogen and oxygen atoms in total. The van der Waals surface area contributed by atoms with Crippen molar-refractivity contribution in [3.63, 3.8) is 0 Å². The molecular weight excluding hydrogens is 330 g/mol. The molecular formula is C19H21N5O2. The molecule has 0 saturated heterocycles. The number of hydrogen-bond donors (Lipinski definition) is 1. The van der Waals surface area contributed by atoms with E-state index < -0.39 is 0 Å². The Morgan fingerprint density at radius 3 is 2.92 bits per heavy atom. The van der Waals surface area contributed by atoms with Gasteiger partial charge in [0.25, 0.3) is 5.91 Å². The summed E-state index contributed by atoms with van der Waals surface area (Å²) in [7, 11) is 1.75. The zero-order valence-corrected chi connectivity index (χ0v) is 14.6. The van der Waals surface area contributed by atoms with Gasteiger partial charge < -0.3 is 10.1 Å². The predicted molar refractivity (Wildman–Crippen MR) is 95.7 cm³/mol. The first-order valence-electron chi connectivity index (χ1n) is 8.68. The summed E-state index contributed by atoms with van der Waals surface area (Å²) in [5.41, 5.74) is 3.83. The maximum Gasteiger partial charge on any atom is 0.269 e. The first-order chi connectivity index (χ1) is 12.7. The minimum atomic E-state index is -0.229. The number of amides is 1.